The Labute approximate surface area is 145 Å². The molecule has 1 fully saturated rings. The minimum Gasteiger partial charge on any atom is -0.341 e. The molecule has 1 aliphatic rings. The van der Waals surface area contributed by atoms with Crippen molar-refractivity contribution in [2.75, 3.05) is 25.9 Å². The summed E-state index contributed by atoms with van der Waals surface area (Å²) in [6.07, 6.45) is 4.60. The van der Waals surface area contributed by atoms with Crippen LogP contribution in [0.1, 0.15) is 44.1 Å². The summed E-state index contributed by atoms with van der Waals surface area (Å²) in [6.45, 7) is 1.90. The molecule has 0 aromatic heterocycles. The van der Waals surface area contributed by atoms with Crippen LogP contribution in [0.25, 0.3) is 0 Å². The lowest BCUT2D eigenvalue weighted by Crippen LogP contribution is -2.37. The summed E-state index contributed by atoms with van der Waals surface area (Å²) in [7, 11) is -1.35. The maximum absolute atomic E-state index is 12.2. The van der Waals surface area contributed by atoms with Gasteiger partial charge in [-0.1, -0.05) is 36.8 Å². The molecule has 1 aromatic rings. The number of carbonyl (C=O) groups is 1. The highest BCUT2D eigenvalue weighted by molar-refractivity contribution is 7.89. The van der Waals surface area contributed by atoms with Gasteiger partial charge < -0.3 is 4.90 Å². The van der Waals surface area contributed by atoms with Gasteiger partial charge in [-0.15, -0.1) is 0 Å². The summed E-state index contributed by atoms with van der Waals surface area (Å²) in [4.78, 5) is 13.8. The van der Waals surface area contributed by atoms with Crippen LogP contribution in [0.2, 0.25) is 0 Å². The van der Waals surface area contributed by atoms with E-state index < -0.39 is 10.0 Å². The molecular formula is C18H28N2O3S. The average molecular weight is 353 g/mol. The Bertz CT molecular complexity index is 610. The first-order valence-electron chi connectivity index (χ1n) is 8.75. The summed E-state index contributed by atoms with van der Waals surface area (Å²) in [5, 5.41) is 0. The van der Waals surface area contributed by atoms with E-state index in [1.54, 1.807) is 16.3 Å². The highest BCUT2D eigenvalue weighted by Crippen LogP contribution is 2.15. The van der Waals surface area contributed by atoms with E-state index in [2.05, 4.69) is 0 Å². The number of rotatable bonds is 8. The van der Waals surface area contributed by atoms with E-state index in [1.165, 1.54) is 0 Å². The molecule has 1 saturated heterocycles. The van der Waals surface area contributed by atoms with Gasteiger partial charge in [0.15, 0.2) is 0 Å². The second kappa shape index (κ2) is 9.18. The Morgan fingerprint density at radius 2 is 1.75 bits per heavy atom. The maximum atomic E-state index is 12.2. The van der Waals surface area contributed by atoms with Gasteiger partial charge in [-0.25, -0.2) is 12.7 Å². The Kier molecular flexibility index (Phi) is 7.24. The van der Waals surface area contributed by atoms with Crippen LogP contribution in [-0.2, 0) is 21.4 Å². The lowest BCUT2D eigenvalue weighted by Gasteiger charge is -2.25. The summed E-state index contributed by atoms with van der Waals surface area (Å²) in [5.41, 5.74) is 1.10. The van der Waals surface area contributed by atoms with Crippen molar-refractivity contribution in [2.24, 2.45) is 0 Å². The molecule has 0 aliphatic carbocycles. The van der Waals surface area contributed by atoms with Crippen molar-refractivity contribution in [1.82, 2.24) is 9.21 Å². The van der Waals surface area contributed by atoms with E-state index in [0.717, 1.165) is 24.8 Å². The van der Waals surface area contributed by atoms with E-state index in [4.69, 9.17) is 0 Å². The van der Waals surface area contributed by atoms with Crippen molar-refractivity contribution in [3.63, 3.8) is 0 Å². The third-order valence-electron chi connectivity index (χ3n) is 4.44. The van der Waals surface area contributed by atoms with Gasteiger partial charge in [0.05, 0.1) is 5.75 Å². The van der Waals surface area contributed by atoms with Gasteiger partial charge >= 0.3 is 0 Å². The first-order valence-corrected chi connectivity index (χ1v) is 10.4. The van der Waals surface area contributed by atoms with Gasteiger partial charge in [-0.3, -0.25) is 4.79 Å². The van der Waals surface area contributed by atoms with Crippen LogP contribution in [0.15, 0.2) is 30.3 Å². The fourth-order valence-corrected chi connectivity index (χ4v) is 4.61. The van der Waals surface area contributed by atoms with Crippen molar-refractivity contribution in [2.45, 2.75) is 45.1 Å². The van der Waals surface area contributed by atoms with E-state index in [1.807, 2.05) is 30.3 Å². The third-order valence-corrected chi connectivity index (χ3v) is 6.40. The minimum absolute atomic E-state index is 0.0641. The minimum atomic E-state index is -3.14. The van der Waals surface area contributed by atoms with Crippen LogP contribution in [0, 0.1) is 0 Å². The molecule has 2 rings (SSSR count). The number of unbranched alkanes of at least 4 members (excludes halogenated alkanes) is 1. The number of hydrogen-bond acceptors (Lipinski definition) is 3. The van der Waals surface area contributed by atoms with Crippen molar-refractivity contribution in [3.05, 3.63) is 35.9 Å². The van der Waals surface area contributed by atoms with Crippen LogP contribution in [0.4, 0.5) is 0 Å². The number of hydrogen-bond donors (Lipinski definition) is 0. The monoisotopic (exact) mass is 352 g/mol. The van der Waals surface area contributed by atoms with Crippen LogP contribution < -0.4 is 0 Å². The quantitative estimate of drug-likeness (QED) is 0.676. The molecule has 0 bridgehead atoms. The Morgan fingerprint density at radius 1 is 1.08 bits per heavy atom. The second-order valence-electron chi connectivity index (χ2n) is 6.47. The molecule has 0 saturated carbocycles. The fourth-order valence-electron chi connectivity index (χ4n) is 2.97. The third kappa shape index (κ3) is 5.91. The zero-order valence-electron chi connectivity index (χ0n) is 14.5. The molecule has 5 nitrogen and oxygen atoms in total. The molecule has 0 atom stereocenters. The molecule has 0 N–H and O–H groups in total. The largest absolute Gasteiger partial charge is 0.341 e. The van der Waals surface area contributed by atoms with Crippen LogP contribution in [-0.4, -0.2) is 49.4 Å². The molecule has 0 radical (unpaired) electrons. The van der Waals surface area contributed by atoms with E-state index in [0.29, 0.717) is 38.9 Å². The van der Waals surface area contributed by atoms with Gasteiger partial charge in [0.25, 0.3) is 0 Å². The SMILES string of the molecule is CN(Cc1ccccc1)C(=O)CCCCS(=O)(=O)N1CCCCC1. The normalized spacial score (nSPS) is 16.0. The van der Waals surface area contributed by atoms with Crippen molar-refractivity contribution in [1.29, 1.82) is 0 Å². The Hall–Kier alpha value is -1.40. The Morgan fingerprint density at radius 3 is 2.42 bits per heavy atom. The number of amides is 1. The first kappa shape index (κ1) is 18.9. The van der Waals surface area contributed by atoms with Gasteiger partial charge in [-0.2, -0.15) is 0 Å². The molecule has 134 valence electrons. The van der Waals surface area contributed by atoms with E-state index in [9.17, 15) is 13.2 Å². The summed E-state index contributed by atoms with van der Waals surface area (Å²) in [6, 6.07) is 9.86. The average Bonchev–Trinajstić information content (AvgIpc) is 2.60. The number of nitrogens with zero attached hydrogens (tertiary/aromatic N) is 2. The fraction of sp³-hybridized carbons (Fsp3) is 0.611. The van der Waals surface area contributed by atoms with Crippen molar-refractivity contribution >= 4 is 15.9 Å². The zero-order valence-corrected chi connectivity index (χ0v) is 15.3. The van der Waals surface area contributed by atoms with E-state index >= 15 is 0 Å². The van der Waals surface area contributed by atoms with Gasteiger partial charge in [0.2, 0.25) is 15.9 Å². The van der Waals surface area contributed by atoms with Gasteiger partial charge in [0.1, 0.15) is 0 Å². The predicted molar refractivity (Wildman–Crippen MR) is 96.0 cm³/mol. The summed E-state index contributed by atoms with van der Waals surface area (Å²) < 4.78 is 26.1. The summed E-state index contributed by atoms with van der Waals surface area (Å²) >= 11 is 0. The lowest BCUT2D eigenvalue weighted by atomic mass is 10.2. The molecular weight excluding hydrogens is 324 g/mol. The molecule has 24 heavy (non-hydrogen) atoms. The molecule has 1 aliphatic heterocycles. The topological polar surface area (TPSA) is 57.7 Å². The molecule has 0 spiro atoms. The number of carbonyl (C=O) groups excluding carboxylic acids is 1. The molecule has 6 heteroatoms. The van der Waals surface area contributed by atoms with Crippen molar-refractivity contribution < 1.29 is 13.2 Å². The van der Waals surface area contributed by atoms with Crippen LogP contribution in [0.5, 0.6) is 0 Å². The van der Waals surface area contributed by atoms with Gasteiger partial charge in [0, 0.05) is 33.1 Å². The smallest absolute Gasteiger partial charge is 0.222 e. The predicted octanol–water partition coefficient (Wildman–Crippen LogP) is 2.63. The lowest BCUT2D eigenvalue weighted by molar-refractivity contribution is -0.130. The Balaban J connectivity index is 1.68. The number of piperidine rings is 1. The molecule has 1 amide bonds. The highest BCUT2D eigenvalue weighted by Gasteiger charge is 2.23. The van der Waals surface area contributed by atoms with Crippen LogP contribution in [0.3, 0.4) is 0 Å². The maximum Gasteiger partial charge on any atom is 0.222 e. The first-order chi connectivity index (χ1) is 11.5. The van der Waals surface area contributed by atoms with Crippen molar-refractivity contribution in [3.8, 4) is 0 Å². The van der Waals surface area contributed by atoms with Crippen LogP contribution >= 0.6 is 0 Å². The second-order valence-corrected chi connectivity index (χ2v) is 8.56. The zero-order chi connectivity index (χ0) is 17.4. The van der Waals surface area contributed by atoms with Gasteiger partial charge in [-0.05, 0) is 31.2 Å². The number of sulfonamides is 1. The molecule has 1 aromatic carbocycles. The molecule has 0 unspecified atom stereocenters. The highest BCUT2D eigenvalue weighted by atomic mass is 32.2. The van der Waals surface area contributed by atoms with E-state index in [-0.39, 0.29) is 11.7 Å². The number of benzene rings is 1. The molecule has 1 heterocycles. The summed E-state index contributed by atoms with van der Waals surface area (Å²) in [5.74, 6) is 0.220. The standard InChI is InChI=1S/C18H28N2O3S/c1-19(16-17-10-4-2-5-11-17)18(21)12-6-9-15-24(22,23)20-13-7-3-8-14-20/h2,4-5,10-11H,3,6-9,12-16H2,1H3.